The number of carbonyl (C=O) groups excluding carboxylic acids is 2. The molecule has 0 radical (unpaired) electrons. The van der Waals surface area contributed by atoms with Crippen molar-refractivity contribution in [2.45, 2.75) is 25.2 Å². The minimum Gasteiger partial charge on any atom is -0.312 e. The van der Waals surface area contributed by atoms with Gasteiger partial charge in [-0.25, -0.2) is 0 Å². The van der Waals surface area contributed by atoms with Crippen molar-refractivity contribution in [3.63, 3.8) is 0 Å². The summed E-state index contributed by atoms with van der Waals surface area (Å²) in [6.07, 6.45) is 2.42. The lowest BCUT2D eigenvalue weighted by Crippen LogP contribution is -2.28. The molecule has 1 aliphatic carbocycles. The van der Waals surface area contributed by atoms with Gasteiger partial charge in [0.05, 0.1) is 5.92 Å². The van der Waals surface area contributed by atoms with Gasteiger partial charge in [0.15, 0.2) is 0 Å². The van der Waals surface area contributed by atoms with E-state index >= 15 is 0 Å². The molecule has 1 unspecified atom stereocenters. The Morgan fingerprint density at radius 3 is 2.75 bits per heavy atom. The lowest BCUT2D eigenvalue weighted by atomic mass is 10.1. The van der Waals surface area contributed by atoms with Crippen molar-refractivity contribution in [1.82, 2.24) is 15.2 Å². The molecule has 2 aromatic rings. The molecular formula is C16H16BrN5O2. The van der Waals surface area contributed by atoms with E-state index in [4.69, 9.17) is 0 Å². The maximum Gasteiger partial charge on any atom is 0.248 e. The minimum absolute atomic E-state index is 0.0499. The molecule has 24 heavy (non-hydrogen) atoms. The second-order valence-corrected chi connectivity index (χ2v) is 7.11. The van der Waals surface area contributed by atoms with Gasteiger partial charge in [-0.3, -0.25) is 20.0 Å². The number of benzene rings is 1. The number of aromatic amines is 1. The molecule has 8 heteroatoms. The molecule has 0 bridgehead atoms. The van der Waals surface area contributed by atoms with Crippen LogP contribution < -0.4 is 10.2 Å². The molecule has 1 saturated heterocycles. The molecule has 2 heterocycles. The van der Waals surface area contributed by atoms with Crippen LogP contribution in [0.3, 0.4) is 0 Å². The van der Waals surface area contributed by atoms with E-state index < -0.39 is 5.92 Å². The molecule has 1 aromatic carbocycles. The summed E-state index contributed by atoms with van der Waals surface area (Å²) in [5.74, 6) is 0.893. The van der Waals surface area contributed by atoms with E-state index in [0.717, 1.165) is 28.8 Å². The molecule has 7 nitrogen and oxygen atoms in total. The van der Waals surface area contributed by atoms with Gasteiger partial charge < -0.3 is 4.90 Å². The maximum absolute atomic E-state index is 12.4. The number of anilines is 2. The fraction of sp³-hybridized carbons (Fsp3) is 0.375. The van der Waals surface area contributed by atoms with Crippen molar-refractivity contribution in [3.8, 4) is 0 Å². The Morgan fingerprint density at radius 1 is 1.29 bits per heavy atom. The smallest absolute Gasteiger partial charge is 0.248 e. The summed E-state index contributed by atoms with van der Waals surface area (Å²) in [6.45, 7) is 0.367. The first kappa shape index (κ1) is 15.3. The summed E-state index contributed by atoms with van der Waals surface area (Å²) >= 11 is 3.37. The van der Waals surface area contributed by atoms with Gasteiger partial charge >= 0.3 is 0 Å². The maximum atomic E-state index is 12.4. The van der Waals surface area contributed by atoms with Crippen molar-refractivity contribution in [3.05, 3.63) is 34.6 Å². The molecule has 2 amide bonds. The largest absolute Gasteiger partial charge is 0.312 e. The van der Waals surface area contributed by atoms with Crippen LogP contribution in [0.5, 0.6) is 0 Å². The second-order valence-electron chi connectivity index (χ2n) is 6.19. The molecule has 1 atom stereocenters. The quantitative estimate of drug-likeness (QED) is 0.839. The highest BCUT2D eigenvalue weighted by atomic mass is 79.9. The molecule has 1 saturated carbocycles. The number of hydrogen-bond acceptors (Lipinski definition) is 4. The van der Waals surface area contributed by atoms with Gasteiger partial charge in [-0.15, -0.1) is 5.10 Å². The topological polar surface area (TPSA) is 91.0 Å². The number of nitrogens with one attached hydrogen (secondary N) is 2. The Morgan fingerprint density at radius 2 is 2.04 bits per heavy atom. The number of aromatic nitrogens is 3. The molecule has 124 valence electrons. The Kier molecular flexibility index (Phi) is 3.84. The van der Waals surface area contributed by atoms with Crippen LogP contribution in [0.1, 0.15) is 31.0 Å². The molecule has 1 aliphatic heterocycles. The van der Waals surface area contributed by atoms with Crippen molar-refractivity contribution in [2.24, 2.45) is 5.92 Å². The van der Waals surface area contributed by atoms with Gasteiger partial charge in [0.1, 0.15) is 5.82 Å². The fourth-order valence-corrected chi connectivity index (χ4v) is 3.10. The van der Waals surface area contributed by atoms with Gasteiger partial charge in [0.25, 0.3) is 0 Å². The summed E-state index contributed by atoms with van der Waals surface area (Å²) in [5, 5.41) is 9.59. The van der Waals surface area contributed by atoms with Crippen molar-refractivity contribution in [2.75, 3.05) is 16.8 Å². The highest BCUT2D eigenvalue weighted by Crippen LogP contribution is 2.38. The van der Waals surface area contributed by atoms with Crippen molar-refractivity contribution >= 4 is 39.4 Å². The highest BCUT2D eigenvalue weighted by Gasteiger charge is 2.35. The number of carbonyl (C=O) groups is 2. The average molecular weight is 390 g/mol. The van der Waals surface area contributed by atoms with Crippen LogP contribution in [0.4, 0.5) is 11.6 Å². The molecule has 2 aliphatic rings. The summed E-state index contributed by atoms with van der Waals surface area (Å²) < 4.78 is 0.947. The molecular weight excluding hydrogens is 374 g/mol. The Labute approximate surface area is 147 Å². The number of rotatable bonds is 4. The van der Waals surface area contributed by atoms with Crippen LogP contribution in [-0.4, -0.2) is 33.5 Å². The zero-order valence-corrected chi connectivity index (χ0v) is 14.4. The Hall–Kier alpha value is -2.22. The summed E-state index contributed by atoms with van der Waals surface area (Å²) in [4.78, 5) is 30.6. The first-order valence-corrected chi connectivity index (χ1v) is 8.68. The van der Waals surface area contributed by atoms with Crippen LogP contribution in [0.15, 0.2) is 28.7 Å². The summed E-state index contributed by atoms with van der Waals surface area (Å²) in [6, 6.07) is 7.48. The third-order valence-electron chi connectivity index (χ3n) is 4.34. The monoisotopic (exact) mass is 389 g/mol. The standard InChI is InChI=1S/C16H16BrN5O2/c17-11-3-5-12(6-4-11)22-8-10(7-13(22)23)15(24)19-16-18-14(20-21-16)9-1-2-9/h3-6,9-10H,1-2,7-8H2,(H2,18,19,20,21,24). The van der Waals surface area contributed by atoms with Gasteiger partial charge in [0, 0.05) is 29.0 Å². The number of halogens is 1. The van der Waals surface area contributed by atoms with Crippen molar-refractivity contribution < 1.29 is 9.59 Å². The van der Waals surface area contributed by atoms with E-state index in [1.54, 1.807) is 4.90 Å². The van der Waals surface area contributed by atoms with E-state index in [0.29, 0.717) is 12.5 Å². The third-order valence-corrected chi connectivity index (χ3v) is 4.86. The predicted molar refractivity (Wildman–Crippen MR) is 91.6 cm³/mol. The van der Waals surface area contributed by atoms with Crippen LogP contribution in [0.2, 0.25) is 0 Å². The van der Waals surface area contributed by atoms with E-state index in [-0.39, 0.29) is 24.2 Å². The molecule has 4 rings (SSSR count). The van der Waals surface area contributed by atoms with Gasteiger partial charge in [-0.1, -0.05) is 15.9 Å². The van der Waals surface area contributed by atoms with E-state index in [9.17, 15) is 9.59 Å². The molecule has 1 aromatic heterocycles. The van der Waals surface area contributed by atoms with Crippen LogP contribution in [0.25, 0.3) is 0 Å². The second kappa shape index (κ2) is 6.01. The van der Waals surface area contributed by atoms with Crippen molar-refractivity contribution in [1.29, 1.82) is 0 Å². The number of hydrogen-bond donors (Lipinski definition) is 2. The van der Waals surface area contributed by atoms with E-state index in [1.165, 1.54) is 0 Å². The Balaban J connectivity index is 1.41. The van der Waals surface area contributed by atoms with Crippen LogP contribution in [0, 0.1) is 5.92 Å². The zero-order chi connectivity index (χ0) is 16.7. The van der Waals surface area contributed by atoms with E-state index in [2.05, 4.69) is 36.4 Å². The van der Waals surface area contributed by atoms with Gasteiger partial charge in [0.2, 0.25) is 17.8 Å². The third kappa shape index (κ3) is 3.06. The number of nitrogens with zero attached hydrogens (tertiary/aromatic N) is 3. The summed E-state index contributed by atoms with van der Waals surface area (Å²) in [5.41, 5.74) is 0.799. The molecule has 0 spiro atoms. The fourth-order valence-electron chi connectivity index (χ4n) is 2.84. The summed E-state index contributed by atoms with van der Waals surface area (Å²) in [7, 11) is 0. The molecule has 2 N–H and O–H groups in total. The van der Waals surface area contributed by atoms with Gasteiger partial charge in [-0.05, 0) is 37.1 Å². The SMILES string of the molecule is O=C(Nc1n[nH]c(C2CC2)n1)C1CC(=O)N(c2ccc(Br)cc2)C1. The van der Waals surface area contributed by atoms with Gasteiger partial charge in [-0.2, -0.15) is 4.98 Å². The number of amides is 2. The molecule has 2 fully saturated rings. The van der Waals surface area contributed by atoms with E-state index in [1.807, 2.05) is 24.3 Å². The predicted octanol–water partition coefficient (Wildman–Crippen LogP) is 2.44. The highest BCUT2D eigenvalue weighted by molar-refractivity contribution is 9.10. The minimum atomic E-state index is -0.399. The zero-order valence-electron chi connectivity index (χ0n) is 12.8. The van der Waals surface area contributed by atoms with Crippen LogP contribution in [-0.2, 0) is 9.59 Å². The average Bonchev–Trinajstić information content (AvgIpc) is 3.19. The number of H-pyrrole nitrogens is 1. The Bertz CT molecular complexity index is 784. The first-order valence-electron chi connectivity index (χ1n) is 7.89. The first-order chi connectivity index (χ1) is 11.6. The van der Waals surface area contributed by atoms with Crippen LogP contribution >= 0.6 is 15.9 Å². The lowest BCUT2D eigenvalue weighted by Gasteiger charge is -2.16. The lowest BCUT2D eigenvalue weighted by molar-refractivity contribution is -0.122. The normalized spacial score (nSPS) is 20.5.